The molecule has 0 radical (unpaired) electrons. The summed E-state index contributed by atoms with van der Waals surface area (Å²) in [6.07, 6.45) is 2.25. The second kappa shape index (κ2) is 5.61. The van der Waals surface area contributed by atoms with Crippen molar-refractivity contribution in [3.05, 3.63) is 35.9 Å². The third-order valence-electron chi connectivity index (χ3n) is 4.09. The molecule has 1 fully saturated rings. The van der Waals surface area contributed by atoms with Gasteiger partial charge >= 0.3 is 0 Å². The molecule has 0 aromatic heterocycles. The lowest BCUT2D eigenvalue weighted by Crippen LogP contribution is -2.51. The maximum Gasteiger partial charge on any atom is 0.155 e. The number of hydrogen-bond donors (Lipinski definition) is 1. The zero-order valence-corrected chi connectivity index (χ0v) is 12.1. The highest BCUT2D eigenvalue weighted by Gasteiger charge is 2.42. The lowest BCUT2D eigenvalue weighted by atomic mass is 9.96. The van der Waals surface area contributed by atoms with Crippen LogP contribution in [-0.4, -0.2) is 49.1 Å². The average molecular weight is 283 g/mol. The van der Waals surface area contributed by atoms with Crippen LogP contribution in [0.2, 0.25) is 0 Å². The number of piperidine rings is 1. The van der Waals surface area contributed by atoms with Gasteiger partial charge in [0.2, 0.25) is 0 Å². The van der Waals surface area contributed by atoms with Gasteiger partial charge in [-0.2, -0.15) is 0 Å². The first-order chi connectivity index (χ1) is 8.97. The van der Waals surface area contributed by atoms with E-state index in [1.807, 2.05) is 18.2 Å². The van der Waals surface area contributed by atoms with Crippen LogP contribution in [0.25, 0.3) is 0 Å². The van der Waals surface area contributed by atoms with Gasteiger partial charge in [-0.25, -0.2) is 8.42 Å². The topological polar surface area (TPSA) is 57.6 Å². The fourth-order valence-electron chi connectivity index (χ4n) is 2.61. The van der Waals surface area contributed by atoms with Crippen molar-refractivity contribution in [2.45, 2.75) is 24.1 Å². The largest absolute Gasteiger partial charge is 0.395 e. The van der Waals surface area contributed by atoms with E-state index < -0.39 is 14.6 Å². The Morgan fingerprint density at radius 1 is 1.21 bits per heavy atom. The fourth-order valence-corrected chi connectivity index (χ4v) is 3.77. The van der Waals surface area contributed by atoms with Gasteiger partial charge in [0.05, 0.1) is 11.4 Å². The van der Waals surface area contributed by atoms with Crippen LogP contribution in [0.15, 0.2) is 30.3 Å². The molecule has 0 unspecified atom stereocenters. The highest BCUT2D eigenvalue weighted by molar-refractivity contribution is 7.92. The third kappa shape index (κ3) is 3.16. The molecule has 5 heteroatoms. The van der Waals surface area contributed by atoms with Gasteiger partial charge in [-0.15, -0.1) is 0 Å². The molecular formula is C14H21NO3S. The van der Waals surface area contributed by atoms with Gasteiger partial charge in [0.15, 0.2) is 9.84 Å². The molecule has 0 amide bonds. The highest BCUT2D eigenvalue weighted by Crippen LogP contribution is 2.30. The van der Waals surface area contributed by atoms with Gasteiger partial charge < -0.3 is 5.11 Å². The molecule has 1 aromatic carbocycles. The van der Waals surface area contributed by atoms with Gasteiger partial charge in [0.25, 0.3) is 0 Å². The molecule has 1 aromatic rings. The number of aliphatic hydroxyl groups is 1. The molecule has 0 bridgehead atoms. The molecule has 0 atom stereocenters. The first-order valence-corrected chi connectivity index (χ1v) is 8.43. The minimum atomic E-state index is -3.21. The van der Waals surface area contributed by atoms with Gasteiger partial charge in [-0.05, 0) is 18.4 Å². The number of rotatable bonds is 4. The number of aliphatic hydroxyl groups excluding tert-OH is 1. The van der Waals surface area contributed by atoms with E-state index >= 15 is 0 Å². The van der Waals surface area contributed by atoms with Crippen molar-refractivity contribution in [2.24, 2.45) is 0 Å². The normalized spacial score (nSPS) is 20.3. The summed E-state index contributed by atoms with van der Waals surface area (Å²) >= 11 is 0. The molecule has 4 nitrogen and oxygen atoms in total. The van der Waals surface area contributed by atoms with Crippen LogP contribution in [0.5, 0.6) is 0 Å². The summed E-state index contributed by atoms with van der Waals surface area (Å²) in [5, 5.41) is 9.46. The summed E-state index contributed by atoms with van der Waals surface area (Å²) in [5.74, 6) is 0. The van der Waals surface area contributed by atoms with Gasteiger partial charge in [0.1, 0.15) is 0 Å². The number of likely N-dealkylation sites (tertiary alicyclic amines) is 1. The lowest BCUT2D eigenvalue weighted by Gasteiger charge is -2.39. The van der Waals surface area contributed by atoms with Gasteiger partial charge in [0, 0.05) is 25.9 Å². The predicted octanol–water partition coefficient (Wildman–Crippen LogP) is 1.06. The lowest BCUT2D eigenvalue weighted by molar-refractivity contribution is 0.141. The molecule has 0 aliphatic carbocycles. The molecule has 2 rings (SSSR count). The maximum absolute atomic E-state index is 11.8. The van der Waals surface area contributed by atoms with Crippen molar-refractivity contribution in [2.75, 3.05) is 26.0 Å². The van der Waals surface area contributed by atoms with Gasteiger partial charge in [-0.1, -0.05) is 30.3 Å². The Labute approximate surface area is 115 Å². The number of benzene rings is 1. The van der Waals surface area contributed by atoms with Crippen LogP contribution in [0.3, 0.4) is 0 Å². The average Bonchev–Trinajstić information content (AvgIpc) is 2.39. The van der Waals surface area contributed by atoms with E-state index in [1.165, 1.54) is 11.8 Å². The van der Waals surface area contributed by atoms with Crippen LogP contribution in [-0.2, 0) is 16.4 Å². The van der Waals surface area contributed by atoms with E-state index in [9.17, 15) is 13.5 Å². The summed E-state index contributed by atoms with van der Waals surface area (Å²) in [5.41, 5.74) is 1.23. The van der Waals surface area contributed by atoms with Crippen molar-refractivity contribution >= 4 is 9.84 Å². The summed E-state index contributed by atoms with van der Waals surface area (Å²) in [6.45, 7) is 1.99. The second-order valence-corrected chi connectivity index (χ2v) is 7.79. The van der Waals surface area contributed by atoms with E-state index in [-0.39, 0.29) is 6.61 Å². The van der Waals surface area contributed by atoms with Crippen LogP contribution >= 0.6 is 0 Å². The molecule has 0 saturated carbocycles. The molecule has 1 heterocycles. The molecular weight excluding hydrogens is 262 g/mol. The number of nitrogens with zero attached hydrogens (tertiary/aromatic N) is 1. The molecule has 0 spiro atoms. The van der Waals surface area contributed by atoms with E-state index in [4.69, 9.17) is 0 Å². The van der Waals surface area contributed by atoms with Crippen molar-refractivity contribution < 1.29 is 13.5 Å². The van der Waals surface area contributed by atoms with Crippen molar-refractivity contribution in [3.8, 4) is 0 Å². The first-order valence-electron chi connectivity index (χ1n) is 6.54. The summed E-state index contributed by atoms with van der Waals surface area (Å²) in [6, 6.07) is 10.1. The van der Waals surface area contributed by atoms with Crippen LogP contribution in [0.1, 0.15) is 18.4 Å². The molecule has 106 valence electrons. The van der Waals surface area contributed by atoms with E-state index in [0.29, 0.717) is 25.9 Å². The Balaban J connectivity index is 1.99. The number of sulfone groups is 1. The van der Waals surface area contributed by atoms with E-state index in [0.717, 1.165) is 6.54 Å². The van der Waals surface area contributed by atoms with Crippen LogP contribution in [0, 0.1) is 0 Å². The SMILES string of the molecule is CS(=O)(=O)C1(CO)CCN(Cc2ccccc2)CC1. The van der Waals surface area contributed by atoms with Crippen molar-refractivity contribution in [1.82, 2.24) is 4.90 Å². The zero-order chi connectivity index (χ0) is 13.9. The minimum absolute atomic E-state index is 0.273. The fraction of sp³-hybridized carbons (Fsp3) is 0.571. The zero-order valence-electron chi connectivity index (χ0n) is 11.2. The first kappa shape index (κ1) is 14.5. The smallest absolute Gasteiger partial charge is 0.155 e. The second-order valence-electron chi connectivity index (χ2n) is 5.38. The van der Waals surface area contributed by atoms with Crippen LogP contribution in [0.4, 0.5) is 0 Å². The Hall–Kier alpha value is -0.910. The summed E-state index contributed by atoms with van der Waals surface area (Å²) in [7, 11) is -3.21. The predicted molar refractivity (Wildman–Crippen MR) is 75.6 cm³/mol. The molecule has 1 saturated heterocycles. The maximum atomic E-state index is 11.8. The Morgan fingerprint density at radius 2 is 1.79 bits per heavy atom. The minimum Gasteiger partial charge on any atom is -0.395 e. The van der Waals surface area contributed by atoms with E-state index in [2.05, 4.69) is 17.0 Å². The summed E-state index contributed by atoms with van der Waals surface area (Å²) in [4.78, 5) is 2.24. The highest BCUT2D eigenvalue weighted by atomic mass is 32.2. The van der Waals surface area contributed by atoms with E-state index in [1.54, 1.807) is 0 Å². The quantitative estimate of drug-likeness (QED) is 0.897. The van der Waals surface area contributed by atoms with Crippen molar-refractivity contribution in [1.29, 1.82) is 0 Å². The monoisotopic (exact) mass is 283 g/mol. The van der Waals surface area contributed by atoms with Crippen molar-refractivity contribution in [3.63, 3.8) is 0 Å². The summed E-state index contributed by atoms with van der Waals surface area (Å²) < 4.78 is 22.7. The van der Waals surface area contributed by atoms with Crippen LogP contribution < -0.4 is 0 Å². The standard InChI is InChI=1S/C14H21NO3S/c1-19(17,18)14(12-16)7-9-15(10-8-14)11-13-5-3-2-4-6-13/h2-6,16H,7-12H2,1H3. The molecule has 19 heavy (non-hydrogen) atoms. The Kier molecular flexibility index (Phi) is 4.28. The van der Waals surface area contributed by atoms with Gasteiger partial charge in [-0.3, -0.25) is 4.90 Å². The Bertz CT molecular complexity index is 505. The number of hydrogen-bond acceptors (Lipinski definition) is 4. The molecule has 1 aliphatic heterocycles. The Morgan fingerprint density at radius 3 is 2.26 bits per heavy atom. The molecule has 1 N–H and O–H groups in total. The molecule has 1 aliphatic rings. The third-order valence-corrected chi connectivity index (χ3v) is 6.20.